The second-order valence-corrected chi connectivity index (χ2v) is 4.52. The number of aromatic amines is 1. The molecular weight excluding hydrogens is 234 g/mol. The number of nitrogens with one attached hydrogen (secondary N) is 1. The van der Waals surface area contributed by atoms with Gasteiger partial charge in [-0.25, -0.2) is 4.98 Å². The molecule has 3 heteroatoms. The zero-order valence-electron chi connectivity index (χ0n) is 10.2. The van der Waals surface area contributed by atoms with Gasteiger partial charge in [0.25, 0.3) is 0 Å². The monoisotopic (exact) mass is 245 g/mol. The van der Waals surface area contributed by atoms with Gasteiger partial charge in [0, 0.05) is 16.3 Å². The number of benzene rings is 2. The number of H-pyrrole nitrogens is 1. The van der Waals surface area contributed by atoms with Crippen LogP contribution in [0.1, 0.15) is 0 Å². The molecule has 2 heterocycles. The van der Waals surface area contributed by atoms with Crippen LogP contribution in [0.3, 0.4) is 0 Å². The van der Waals surface area contributed by atoms with E-state index in [4.69, 9.17) is 0 Å². The maximum atomic E-state index is 4.58. The molecule has 0 bridgehead atoms. The van der Waals surface area contributed by atoms with E-state index in [1.54, 1.807) is 0 Å². The van der Waals surface area contributed by atoms with Crippen molar-refractivity contribution in [3.8, 4) is 11.3 Å². The van der Waals surface area contributed by atoms with Gasteiger partial charge in [0.2, 0.25) is 0 Å². The van der Waals surface area contributed by atoms with Crippen molar-refractivity contribution in [2.24, 2.45) is 0 Å². The van der Waals surface area contributed by atoms with Crippen LogP contribution in [0, 0.1) is 0 Å². The largest absolute Gasteiger partial charge is 0.275 e. The minimum atomic E-state index is 0.762. The van der Waals surface area contributed by atoms with Gasteiger partial charge in [0.05, 0.1) is 11.2 Å². The summed E-state index contributed by atoms with van der Waals surface area (Å²) in [5.74, 6) is 0. The highest BCUT2D eigenvalue weighted by molar-refractivity contribution is 5.98. The number of rotatable bonds is 1. The minimum Gasteiger partial charge on any atom is -0.275 e. The summed E-state index contributed by atoms with van der Waals surface area (Å²) in [6, 6.07) is 20.4. The van der Waals surface area contributed by atoms with E-state index in [1.807, 2.05) is 36.4 Å². The Hall–Kier alpha value is -2.68. The summed E-state index contributed by atoms with van der Waals surface area (Å²) < 4.78 is 0. The lowest BCUT2D eigenvalue weighted by Gasteiger charge is -1.99. The second-order valence-electron chi connectivity index (χ2n) is 4.52. The van der Waals surface area contributed by atoms with Gasteiger partial charge >= 0.3 is 0 Å². The lowest BCUT2D eigenvalue weighted by molar-refractivity contribution is 1.11. The summed E-state index contributed by atoms with van der Waals surface area (Å²) in [5, 5.41) is 9.59. The van der Waals surface area contributed by atoms with Crippen LogP contribution < -0.4 is 0 Å². The first kappa shape index (κ1) is 10.3. The van der Waals surface area contributed by atoms with Crippen molar-refractivity contribution < 1.29 is 0 Å². The van der Waals surface area contributed by atoms with E-state index in [0.29, 0.717) is 0 Å². The Kier molecular flexibility index (Phi) is 2.12. The van der Waals surface area contributed by atoms with Crippen LogP contribution in [0.15, 0.2) is 60.7 Å². The molecule has 2 aromatic heterocycles. The average Bonchev–Trinajstić information content (AvgIpc) is 2.88. The molecule has 0 unspecified atom stereocenters. The van der Waals surface area contributed by atoms with Gasteiger partial charge in [0.1, 0.15) is 0 Å². The Morgan fingerprint density at radius 3 is 2.53 bits per heavy atom. The van der Waals surface area contributed by atoms with Crippen molar-refractivity contribution in [3.05, 3.63) is 60.7 Å². The van der Waals surface area contributed by atoms with Crippen molar-refractivity contribution in [1.82, 2.24) is 15.2 Å². The molecule has 2 aromatic carbocycles. The fourth-order valence-electron chi connectivity index (χ4n) is 2.37. The van der Waals surface area contributed by atoms with Gasteiger partial charge in [0.15, 0.2) is 5.65 Å². The first-order chi connectivity index (χ1) is 9.42. The molecule has 4 aromatic rings. The van der Waals surface area contributed by atoms with E-state index < -0.39 is 0 Å². The predicted molar refractivity (Wildman–Crippen MR) is 76.8 cm³/mol. The van der Waals surface area contributed by atoms with Crippen LogP contribution in [0.5, 0.6) is 0 Å². The van der Waals surface area contributed by atoms with Gasteiger partial charge in [-0.1, -0.05) is 48.5 Å². The highest BCUT2D eigenvalue weighted by Gasteiger charge is 2.09. The average molecular weight is 245 g/mol. The number of fused-ring (bicyclic) bond motifs is 2. The quantitative estimate of drug-likeness (QED) is 0.554. The molecule has 3 nitrogen and oxygen atoms in total. The summed E-state index contributed by atoms with van der Waals surface area (Å²) in [7, 11) is 0. The molecule has 0 atom stereocenters. The molecule has 0 saturated carbocycles. The third kappa shape index (κ3) is 1.59. The molecule has 1 N–H and O–H groups in total. The Bertz CT molecular complexity index is 863. The SMILES string of the molecule is c1ccc(-c2[nH]nc3nc4ccccc4cc23)cc1. The van der Waals surface area contributed by atoms with Crippen LogP contribution in [-0.4, -0.2) is 15.2 Å². The Balaban J connectivity index is 2.05. The number of pyridine rings is 1. The Morgan fingerprint density at radius 2 is 1.63 bits per heavy atom. The molecule has 0 aliphatic heterocycles. The van der Waals surface area contributed by atoms with Crippen molar-refractivity contribution in [3.63, 3.8) is 0 Å². The normalized spacial score (nSPS) is 11.2. The fourth-order valence-corrected chi connectivity index (χ4v) is 2.37. The molecule has 90 valence electrons. The van der Waals surface area contributed by atoms with E-state index in [1.165, 1.54) is 0 Å². The van der Waals surface area contributed by atoms with Gasteiger partial charge in [-0.3, -0.25) is 5.10 Å². The molecular formula is C16H11N3. The highest BCUT2D eigenvalue weighted by Crippen LogP contribution is 2.27. The molecule has 0 radical (unpaired) electrons. The van der Waals surface area contributed by atoms with E-state index in [0.717, 1.165) is 33.2 Å². The van der Waals surface area contributed by atoms with Gasteiger partial charge in [-0.2, -0.15) is 5.10 Å². The smallest absolute Gasteiger partial charge is 0.182 e. The first-order valence-corrected chi connectivity index (χ1v) is 6.21. The first-order valence-electron chi connectivity index (χ1n) is 6.21. The Labute approximate surface area is 109 Å². The molecule has 0 fully saturated rings. The lowest BCUT2D eigenvalue weighted by Crippen LogP contribution is -1.81. The fraction of sp³-hybridized carbons (Fsp3) is 0. The number of para-hydroxylation sites is 1. The predicted octanol–water partition coefficient (Wildman–Crippen LogP) is 3.78. The summed E-state index contributed by atoms with van der Waals surface area (Å²) in [6.07, 6.45) is 0. The summed E-state index contributed by atoms with van der Waals surface area (Å²) in [5.41, 5.74) is 3.88. The molecule has 0 spiro atoms. The molecule has 4 rings (SSSR count). The number of nitrogens with zero attached hydrogens (tertiary/aromatic N) is 2. The third-order valence-electron chi connectivity index (χ3n) is 3.31. The van der Waals surface area contributed by atoms with Crippen LogP contribution in [0.4, 0.5) is 0 Å². The molecule has 0 saturated heterocycles. The van der Waals surface area contributed by atoms with Crippen molar-refractivity contribution >= 4 is 21.9 Å². The van der Waals surface area contributed by atoms with Crippen molar-refractivity contribution in [1.29, 1.82) is 0 Å². The van der Waals surface area contributed by atoms with E-state index in [9.17, 15) is 0 Å². The van der Waals surface area contributed by atoms with Gasteiger partial charge in [-0.05, 0) is 12.1 Å². The van der Waals surface area contributed by atoms with Crippen molar-refractivity contribution in [2.45, 2.75) is 0 Å². The van der Waals surface area contributed by atoms with Gasteiger partial charge in [-0.15, -0.1) is 0 Å². The molecule has 0 aliphatic rings. The summed E-state index contributed by atoms with van der Waals surface area (Å²) in [6.45, 7) is 0. The topological polar surface area (TPSA) is 41.6 Å². The van der Waals surface area contributed by atoms with Crippen molar-refractivity contribution in [2.75, 3.05) is 0 Å². The van der Waals surface area contributed by atoms with Crippen LogP contribution in [-0.2, 0) is 0 Å². The van der Waals surface area contributed by atoms with E-state index in [2.05, 4.69) is 39.4 Å². The van der Waals surface area contributed by atoms with Crippen LogP contribution in [0.2, 0.25) is 0 Å². The zero-order valence-corrected chi connectivity index (χ0v) is 10.2. The maximum Gasteiger partial charge on any atom is 0.182 e. The highest BCUT2D eigenvalue weighted by atomic mass is 15.1. The summed E-state index contributed by atoms with van der Waals surface area (Å²) in [4.78, 5) is 4.58. The van der Waals surface area contributed by atoms with Crippen LogP contribution in [0.25, 0.3) is 33.2 Å². The Morgan fingerprint density at radius 1 is 0.842 bits per heavy atom. The van der Waals surface area contributed by atoms with Gasteiger partial charge < -0.3 is 0 Å². The lowest BCUT2D eigenvalue weighted by atomic mass is 10.1. The molecule has 0 amide bonds. The maximum absolute atomic E-state index is 4.58. The van der Waals surface area contributed by atoms with E-state index >= 15 is 0 Å². The zero-order chi connectivity index (χ0) is 12.7. The number of hydrogen-bond donors (Lipinski definition) is 1. The number of hydrogen-bond acceptors (Lipinski definition) is 2. The van der Waals surface area contributed by atoms with Crippen LogP contribution >= 0.6 is 0 Å². The summed E-state index contributed by atoms with van der Waals surface area (Å²) >= 11 is 0. The third-order valence-corrected chi connectivity index (χ3v) is 3.31. The minimum absolute atomic E-state index is 0.762. The molecule has 0 aliphatic carbocycles. The second kappa shape index (κ2) is 3.92. The molecule has 19 heavy (non-hydrogen) atoms. The number of aromatic nitrogens is 3. The van der Waals surface area contributed by atoms with E-state index in [-0.39, 0.29) is 0 Å². The standard InChI is InChI=1S/C16H11N3/c1-2-6-11(7-3-1)15-13-10-12-8-4-5-9-14(12)17-16(13)19-18-15/h1-10H,(H,17,18,19).